The maximum Gasteiger partial charge on any atom is 0.229 e. The summed E-state index contributed by atoms with van der Waals surface area (Å²) in [5, 5.41) is 7.58. The molecule has 22 heavy (non-hydrogen) atoms. The molecule has 0 atom stereocenters. The Labute approximate surface area is 133 Å². The zero-order valence-electron chi connectivity index (χ0n) is 12.2. The first-order chi connectivity index (χ1) is 10.7. The van der Waals surface area contributed by atoms with Gasteiger partial charge < -0.3 is 16.4 Å². The Morgan fingerprint density at radius 2 is 1.68 bits per heavy atom. The fourth-order valence-electron chi connectivity index (χ4n) is 1.94. The predicted octanol–water partition coefficient (Wildman–Crippen LogP) is 2.61. The Bertz CT molecular complexity index is 626. The molecule has 0 saturated heterocycles. The van der Waals surface area contributed by atoms with Gasteiger partial charge in [-0.1, -0.05) is 18.2 Å². The molecule has 0 radical (unpaired) electrons. The van der Waals surface area contributed by atoms with E-state index in [2.05, 4.69) is 10.6 Å². The lowest BCUT2D eigenvalue weighted by atomic mass is 10.2. The second-order valence-electron chi connectivity index (χ2n) is 4.79. The highest BCUT2D eigenvalue weighted by molar-refractivity contribution is 7.10. The molecule has 0 bridgehead atoms. The van der Waals surface area contributed by atoms with Gasteiger partial charge in [0, 0.05) is 11.3 Å². The number of hydrogen-bond acceptors (Lipinski definition) is 4. The molecule has 0 spiro atoms. The van der Waals surface area contributed by atoms with E-state index in [1.165, 1.54) is 0 Å². The van der Waals surface area contributed by atoms with E-state index in [-0.39, 0.29) is 11.8 Å². The van der Waals surface area contributed by atoms with Crippen molar-refractivity contribution in [3.8, 4) is 0 Å². The molecule has 0 aliphatic heterocycles. The van der Waals surface area contributed by atoms with Crippen molar-refractivity contribution in [2.45, 2.75) is 19.3 Å². The van der Waals surface area contributed by atoms with Gasteiger partial charge in [-0.15, -0.1) is 11.3 Å². The van der Waals surface area contributed by atoms with Crippen LogP contribution in [-0.2, 0) is 16.0 Å². The van der Waals surface area contributed by atoms with Gasteiger partial charge in [-0.2, -0.15) is 0 Å². The second-order valence-corrected chi connectivity index (χ2v) is 5.82. The monoisotopic (exact) mass is 317 g/mol. The summed E-state index contributed by atoms with van der Waals surface area (Å²) >= 11 is 1.54. The maximum atomic E-state index is 12.1. The molecule has 116 valence electrons. The van der Waals surface area contributed by atoms with E-state index in [0.29, 0.717) is 37.2 Å². The molecular weight excluding hydrogens is 298 g/mol. The number of thiophene rings is 1. The fourth-order valence-corrected chi connectivity index (χ4v) is 2.65. The lowest BCUT2D eigenvalue weighted by molar-refractivity contribution is -0.117. The molecule has 2 amide bonds. The van der Waals surface area contributed by atoms with Crippen LogP contribution in [0.5, 0.6) is 0 Å². The summed E-state index contributed by atoms with van der Waals surface area (Å²) in [7, 11) is 0. The number of anilines is 2. The van der Waals surface area contributed by atoms with Crippen LogP contribution in [0.25, 0.3) is 0 Å². The number of hydrogen-bond donors (Lipinski definition) is 3. The Morgan fingerprint density at radius 3 is 2.27 bits per heavy atom. The van der Waals surface area contributed by atoms with Crippen molar-refractivity contribution < 1.29 is 9.59 Å². The van der Waals surface area contributed by atoms with Crippen molar-refractivity contribution in [2.75, 3.05) is 17.2 Å². The van der Waals surface area contributed by atoms with Crippen molar-refractivity contribution >= 4 is 34.5 Å². The molecule has 6 heteroatoms. The lowest BCUT2D eigenvalue weighted by Crippen LogP contribution is -2.18. The van der Waals surface area contributed by atoms with Crippen LogP contribution in [0.3, 0.4) is 0 Å². The van der Waals surface area contributed by atoms with Crippen molar-refractivity contribution in [1.29, 1.82) is 0 Å². The van der Waals surface area contributed by atoms with Crippen molar-refractivity contribution in [3.63, 3.8) is 0 Å². The molecule has 0 saturated carbocycles. The number of carbonyl (C=O) groups excluding carboxylic acids is 2. The summed E-state index contributed by atoms with van der Waals surface area (Å²) in [4.78, 5) is 24.8. The molecule has 2 rings (SSSR count). The average molecular weight is 317 g/mol. The van der Waals surface area contributed by atoms with Crippen LogP contribution in [0, 0.1) is 0 Å². The number of nitrogens with two attached hydrogens (primary N) is 1. The van der Waals surface area contributed by atoms with E-state index < -0.39 is 0 Å². The third-order valence-corrected chi connectivity index (χ3v) is 3.87. The van der Waals surface area contributed by atoms with Crippen LogP contribution >= 0.6 is 11.3 Å². The second kappa shape index (κ2) is 8.31. The fraction of sp³-hybridized carbons (Fsp3) is 0.250. The molecule has 0 unspecified atom stereocenters. The van der Waals surface area contributed by atoms with Gasteiger partial charge in [0.2, 0.25) is 11.8 Å². The Balaban J connectivity index is 1.98. The van der Waals surface area contributed by atoms with Crippen LogP contribution < -0.4 is 16.4 Å². The van der Waals surface area contributed by atoms with Gasteiger partial charge in [-0.3, -0.25) is 9.59 Å². The minimum Gasteiger partial charge on any atom is -0.330 e. The van der Waals surface area contributed by atoms with Crippen LogP contribution in [-0.4, -0.2) is 18.4 Å². The van der Waals surface area contributed by atoms with Gasteiger partial charge in [0.05, 0.1) is 17.8 Å². The molecule has 1 aromatic carbocycles. The van der Waals surface area contributed by atoms with Crippen molar-refractivity contribution in [2.24, 2.45) is 5.73 Å². The zero-order valence-corrected chi connectivity index (χ0v) is 13.0. The summed E-state index contributed by atoms with van der Waals surface area (Å²) in [6.45, 7) is 0.479. The third-order valence-electron chi connectivity index (χ3n) is 3.00. The van der Waals surface area contributed by atoms with Crippen LogP contribution in [0.1, 0.15) is 17.7 Å². The normalized spacial score (nSPS) is 10.2. The van der Waals surface area contributed by atoms with Gasteiger partial charge in [0.1, 0.15) is 0 Å². The first-order valence-corrected chi connectivity index (χ1v) is 7.98. The minimum atomic E-state index is -0.106. The van der Waals surface area contributed by atoms with E-state index in [4.69, 9.17) is 5.73 Å². The number of rotatable bonds is 7. The quantitative estimate of drug-likeness (QED) is 0.734. The number of nitrogens with one attached hydrogen (secondary N) is 2. The number of carbonyl (C=O) groups is 2. The van der Waals surface area contributed by atoms with Gasteiger partial charge in [-0.05, 0) is 36.5 Å². The van der Waals surface area contributed by atoms with Gasteiger partial charge in [0.25, 0.3) is 0 Å². The Kier molecular flexibility index (Phi) is 6.12. The van der Waals surface area contributed by atoms with Gasteiger partial charge in [-0.25, -0.2) is 0 Å². The zero-order chi connectivity index (χ0) is 15.8. The molecule has 1 heterocycles. The highest BCUT2D eigenvalue weighted by Gasteiger charge is 2.10. The average Bonchev–Trinajstić information content (AvgIpc) is 3.00. The van der Waals surface area contributed by atoms with E-state index in [1.807, 2.05) is 29.6 Å². The topological polar surface area (TPSA) is 84.2 Å². The lowest BCUT2D eigenvalue weighted by Gasteiger charge is -2.12. The van der Waals surface area contributed by atoms with Crippen LogP contribution in [0.15, 0.2) is 41.8 Å². The molecule has 4 N–H and O–H groups in total. The summed E-state index contributed by atoms with van der Waals surface area (Å²) in [5.41, 5.74) is 6.60. The molecular formula is C16H19N3O2S. The first-order valence-electron chi connectivity index (χ1n) is 7.10. The molecule has 0 fully saturated rings. The van der Waals surface area contributed by atoms with Crippen LogP contribution in [0.2, 0.25) is 0 Å². The molecule has 1 aromatic heterocycles. The van der Waals surface area contributed by atoms with Crippen molar-refractivity contribution in [1.82, 2.24) is 0 Å². The smallest absolute Gasteiger partial charge is 0.229 e. The van der Waals surface area contributed by atoms with Crippen molar-refractivity contribution in [3.05, 3.63) is 46.7 Å². The molecule has 0 aliphatic carbocycles. The Morgan fingerprint density at radius 1 is 1.00 bits per heavy atom. The number of benzene rings is 1. The molecule has 5 nitrogen and oxygen atoms in total. The summed E-state index contributed by atoms with van der Waals surface area (Å²) in [5.74, 6) is -0.212. The highest BCUT2D eigenvalue weighted by Crippen LogP contribution is 2.22. The minimum absolute atomic E-state index is 0.105. The summed E-state index contributed by atoms with van der Waals surface area (Å²) in [6, 6.07) is 11.0. The van der Waals surface area contributed by atoms with E-state index in [9.17, 15) is 9.59 Å². The van der Waals surface area contributed by atoms with E-state index in [1.54, 1.807) is 23.5 Å². The van der Waals surface area contributed by atoms with Gasteiger partial charge in [0.15, 0.2) is 0 Å². The van der Waals surface area contributed by atoms with E-state index in [0.717, 1.165) is 4.88 Å². The largest absolute Gasteiger partial charge is 0.330 e. The third kappa shape index (κ3) is 4.98. The molecule has 0 aliphatic rings. The first kappa shape index (κ1) is 16.2. The number of para-hydroxylation sites is 2. The number of amides is 2. The Hall–Kier alpha value is -2.18. The summed E-state index contributed by atoms with van der Waals surface area (Å²) in [6.07, 6.45) is 1.33. The van der Waals surface area contributed by atoms with E-state index >= 15 is 0 Å². The summed E-state index contributed by atoms with van der Waals surface area (Å²) < 4.78 is 0. The highest BCUT2D eigenvalue weighted by atomic mass is 32.1. The standard InChI is InChI=1S/C16H19N3O2S/c17-9-3-8-15(20)18-13-6-1-2-7-14(13)19-16(21)11-12-5-4-10-22-12/h1-2,4-7,10H,3,8-9,11,17H2,(H,18,20)(H,19,21). The SMILES string of the molecule is NCCCC(=O)Nc1ccccc1NC(=O)Cc1cccs1. The maximum absolute atomic E-state index is 12.1. The molecule has 2 aromatic rings. The predicted molar refractivity (Wildman–Crippen MR) is 90.0 cm³/mol. The van der Waals surface area contributed by atoms with Crippen LogP contribution in [0.4, 0.5) is 11.4 Å². The van der Waals surface area contributed by atoms with Gasteiger partial charge >= 0.3 is 0 Å².